The first-order valence-electron chi connectivity index (χ1n) is 6.39. The molecule has 0 aliphatic carbocycles. The molecule has 4 nitrogen and oxygen atoms in total. The molecule has 4 heteroatoms. The number of imidazole rings is 1. The van der Waals surface area contributed by atoms with Crippen LogP contribution in [0.3, 0.4) is 0 Å². The predicted octanol–water partition coefficient (Wildman–Crippen LogP) is 1.16. The number of aromatic nitrogens is 2. The van der Waals surface area contributed by atoms with Crippen LogP contribution in [0.25, 0.3) is 0 Å². The van der Waals surface area contributed by atoms with Gasteiger partial charge in [-0.05, 0) is 31.7 Å². The lowest BCUT2D eigenvalue weighted by Crippen LogP contribution is -2.40. The van der Waals surface area contributed by atoms with Crippen LogP contribution in [-0.4, -0.2) is 35.6 Å². The van der Waals surface area contributed by atoms with Gasteiger partial charge in [0.1, 0.15) is 0 Å². The number of aryl methyl sites for hydroxylation is 1. The van der Waals surface area contributed by atoms with Crippen molar-refractivity contribution in [1.29, 1.82) is 0 Å². The fraction of sp³-hybridized carbons (Fsp3) is 0.750. The molecule has 0 bridgehead atoms. The molecule has 2 saturated heterocycles. The van der Waals surface area contributed by atoms with Gasteiger partial charge in [-0.2, -0.15) is 0 Å². The molecule has 2 aliphatic rings. The van der Waals surface area contributed by atoms with Crippen LogP contribution < -0.4 is 10.2 Å². The van der Waals surface area contributed by atoms with Crippen molar-refractivity contribution in [3.63, 3.8) is 0 Å². The molecular formula is C12H20N4. The summed E-state index contributed by atoms with van der Waals surface area (Å²) >= 11 is 0. The molecule has 2 fully saturated rings. The van der Waals surface area contributed by atoms with Gasteiger partial charge in [-0.3, -0.25) is 0 Å². The zero-order valence-electron chi connectivity index (χ0n) is 9.87. The number of piperidine rings is 1. The maximum Gasteiger partial charge on any atom is 0.203 e. The fourth-order valence-electron chi connectivity index (χ4n) is 2.91. The Hall–Kier alpha value is -1.03. The summed E-state index contributed by atoms with van der Waals surface area (Å²) < 4.78 is 0. The molecule has 0 amide bonds. The Labute approximate surface area is 96.4 Å². The molecule has 0 radical (unpaired) electrons. The summed E-state index contributed by atoms with van der Waals surface area (Å²) in [5.41, 5.74) is 1.23. The first-order chi connectivity index (χ1) is 7.86. The van der Waals surface area contributed by atoms with Crippen LogP contribution in [0.2, 0.25) is 0 Å². The van der Waals surface area contributed by atoms with Gasteiger partial charge in [-0.15, -0.1) is 0 Å². The molecule has 3 rings (SSSR count). The average molecular weight is 220 g/mol. The molecule has 0 saturated carbocycles. The summed E-state index contributed by atoms with van der Waals surface area (Å²) in [5, 5.41) is 3.62. The molecule has 0 aromatic carbocycles. The van der Waals surface area contributed by atoms with Crippen LogP contribution in [0.5, 0.6) is 0 Å². The molecular weight excluding hydrogens is 200 g/mol. The quantitative estimate of drug-likeness (QED) is 0.786. The largest absolute Gasteiger partial charge is 0.341 e. The van der Waals surface area contributed by atoms with Crippen molar-refractivity contribution in [2.45, 2.75) is 32.2 Å². The summed E-state index contributed by atoms with van der Waals surface area (Å²) in [6.45, 7) is 5.62. The highest BCUT2D eigenvalue weighted by Gasteiger charge is 2.35. The average Bonchev–Trinajstić information content (AvgIpc) is 2.95. The number of nitrogens with one attached hydrogen (secondary N) is 2. The number of hydrogen-bond acceptors (Lipinski definition) is 3. The van der Waals surface area contributed by atoms with Gasteiger partial charge in [0.2, 0.25) is 5.95 Å². The van der Waals surface area contributed by atoms with E-state index < -0.39 is 0 Å². The third-order valence-electron chi connectivity index (χ3n) is 3.89. The van der Waals surface area contributed by atoms with Crippen molar-refractivity contribution in [1.82, 2.24) is 15.3 Å². The second-order valence-corrected chi connectivity index (χ2v) is 4.95. The summed E-state index contributed by atoms with van der Waals surface area (Å²) in [6.07, 6.45) is 5.69. The Kier molecular flexibility index (Phi) is 2.59. The SMILES string of the molecule is CCc1cnc(N2CC3CCCNC3C2)[nH]1. The normalized spacial score (nSPS) is 29.4. The first-order valence-corrected chi connectivity index (χ1v) is 6.39. The van der Waals surface area contributed by atoms with Gasteiger partial charge in [0.05, 0.1) is 6.20 Å². The lowest BCUT2D eigenvalue weighted by Gasteiger charge is -2.24. The monoisotopic (exact) mass is 220 g/mol. The van der Waals surface area contributed by atoms with Crippen LogP contribution in [-0.2, 0) is 6.42 Å². The minimum Gasteiger partial charge on any atom is -0.341 e. The maximum absolute atomic E-state index is 4.47. The number of fused-ring (bicyclic) bond motifs is 1. The van der Waals surface area contributed by atoms with Crippen molar-refractivity contribution in [2.24, 2.45) is 5.92 Å². The van der Waals surface area contributed by atoms with E-state index in [1.54, 1.807) is 0 Å². The van der Waals surface area contributed by atoms with Gasteiger partial charge in [0.25, 0.3) is 0 Å². The number of nitrogens with zero attached hydrogens (tertiary/aromatic N) is 2. The van der Waals surface area contributed by atoms with Crippen molar-refractivity contribution in [3.8, 4) is 0 Å². The zero-order chi connectivity index (χ0) is 11.0. The third-order valence-corrected chi connectivity index (χ3v) is 3.89. The second-order valence-electron chi connectivity index (χ2n) is 4.95. The molecule has 88 valence electrons. The zero-order valence-corrected chi connectivity index (χ0v) is 9.87. The molecule has 2 unspecified atom stereocenters. The van der Waals surface area contributed by atoms with Crippen LogP contribution in [0, 0.1) is 5.92 Å². The summed E-state index contributed by atoms with van der Waals surface area (Å²) in [5.74, 6) is 1.89. The highest BCUT2D eigenvalue weighted by atomic mass is 15.3. The minimum absolute atomic E-state index is 0.684. The number of H-pyrrole nitrogens is 1. The summed E-state index contributed by atoms with van der Waals surface area (Å²) in [7, 11) is 0. The Morgan fingerprint density at radius 3 is 3.19 bits per heavy atom. The molecule has 1 aromatic heterocycles. The van der Waals surface area contributed by atoms with E-state index in [-0.39, 0.29) is 0 Å². The van der Waals surface area contributed by atoms with E-state index in [9.17, 15) is 0 Å². The summed E-state index contributed by atoms with van der Waals surface area (Å²) in [4.78, 5) is 10.3. The van der Waals surface area contributed by atoms with E-state index in [0.29, 0.717) is 6.04 Å². The molecule has 16 heavy (non-hydrogen) atoms. The van der Waals surface area contributed by atoms with Gasteiger partial charge < -0.3 is 15.2 Å². The van der Waals surface area contributed by atoms with E-state index in [2.05, 4.69) is 27.1 Å². The van der Waals surface area contributed by atoms with Crippen LogP contribution in [0.15, 0.2) is 6.20 Å². The number of rotatable bonds is 2. The standard InChI is InChI=1S/C12H20N4/c1-2-10-6-14-12(15-10)16-7-9-4-3-5-13-11(9)8-16/h6,9,11,13H,2-5,7-8H2,1H3,(H,14,15). The second kappa shape index (κ2) is 4.09. The Morgan fingerprint density at radius 1 is 1.50 bits per heavy atom. The predicted molar refractivity (Wildman–Crippen MR) is 64.7 cm³/mol. The number of hydrogen-bond donors (Lipinski definition) is 2. The highest BCUT2D eigenvalue weighted by molar-refractivity contribution is 5.34. The van der Waals surface area contributed by atoms with Crippen molar-refractivity contribution in [2.75, 3.05) is 24.5 Å². The number of aromatic amines is 1. The molecule has 2 aliphatic heterocycles. The lowest BCUT2D eigenvalue weighted by atomic mass is 9.94. The Morgan fingerprint density at radius 2 is 2.44 bits per heavy atom. The van der Waals surface area contributed by atoms with E-state index in [1.807, 2.05) is 6.20 Å². The first kappa shape index (κ1) is 10.1. The van der Waals surface area contributed by atoms with Crippen molar-refractivity contribution >= 4 is 5.95 Å². The fourth-order valence-corrected chi connectivity index (χ4v) is 2.91. The Bertz CT molecular complexity index is 346. The van der Waals surface area contributed by atoms with E-state index in [4.69, 9.17) is 0 Å². The third kappa shape index (κ3) is 1.71. The van der Waals surface area contributed by atoms with E-state index in [1.165, 1.54) is 25.1 Å². The molecule has 0 spiro atoms. The lowest BCUT2D eigenvalue weighted by molar-refractivity contribution is 0.340. The van der Waals surface area contributed by atoms with Gasteiger partial charge in [0.15, 0.2) is 0 Å². The maximum atomic E-state index is 4.47. The van der Waals surface area contributed by atoms with Crippen LogP contribution in [0.4, 0.5) is 5.95 Å². The molecule has 2 atom stereocenters. The van der Waals surface area contributed by atoms with E-state index in [0.717, 1.165) is 31.4 Å². The van der Waals surface area contributed by atoms with Gasteiger partial charge in [-0.25, -0.2) is 4.98 Å². The molecule has 2 N–H and O–H groups in total. The molecule has 3 heterocycles. The topological polar surface area (TPSA) is 44.0 Å². The minimum atomic E-state index is 0.684. The smallest absolute Gasteiger partial charge is 0.203 e. The molecule has 1 aromatic rings. The van der Waals surface area contributed by atoms with E-state index >= 15 is 0 Å². The van der Waals surface area contributed by atoms with Crippen molar-refractivity contribution < 1.29 is 0 Å². The summed E-state index contributed by atoms with van der Waals surface area (Å²) in [6, 6.07) is 0.684. The highest BCUT2D eigenvalue weighted by Crippen LogP contribution is 2.27. The van der Waals surface area contributed by atoms with Gasteiger partial charge >= 0.3 is 0 Å². The van der Waals surface area contributed by atoms with Gasteiger partial charge in [-0.1, -0.05) is 6.92 Å². The number of anilines is 1. The van der Waals surface area contributed by atoms with Crippen LogP contribution in [0.1, 0.15) is 25.5 Å². The van der Waals surface area contributed by atoms with Crippen LogP contribution >= 0.6 is 0 Å². The Balaban J connectivity index is 1.72. The van der Waals surface area contributed by atoms with Gasteiger partial charge in [0, 0.05) is 24.8 Å². The van der Waals surface area contributed by atoms with Crippen molar-refractivity contribution in [3.05, 3.63) is 11.9 Å².